The summed E-state index contributed by atoms with van der Waals surface area (Å²) < 4.78 is 8.83. The normalized spacial score (nSPS) is 12.9. The molecule has 7 aromatic carbocycles. The van der Waals surface area contributed by atoms with Crippen molar-refractivity contribution in [2.75, 3.05) is 9.80 Å². The van der Waals surface area contributed by atoms with Gasteiger partial charge in [0, 0.05) is 46.4 Å². The maximum atomic E-state index is 6.49. The van der Waals surface area contributed by atoms with Gasteiger partial charge in [0.05, 0.1) is 16.9 Å². The van der Waals surface area contributed by atoms with E-state index in [0.29, 0.717) is 11.6 Å². The van der Waals surface area contributed by atoms with Crippen molar-refractivity contribution in [2.45, 2.75) is 73.1 Å². The number of para-hydroxylation sites is 2. The molecule has 2 aliphatic rings. The zero-order valence-electron chi connectivity index (χ0n) is 39.5. The molecule has 0 unspecified atom stereocenters. The van der Waals surface area contributed by atoms with E-state index >= 15 is 0 Å². The monoisotopic (exact) mass is 1050 g/mol. The first-order valence-corrected chi connectivity index (χ1v) is 22.9. The second-order valence-corrected chi connectivity index (χ2v) is 20.0. The minimum Gasteiger partial charge on any atom is -0.466 e. The molecule has 332 valence electrons. The zero-order chi connectivity index (χ0) is 45.6. The number of aromatic nitrogens is 3. The molecule has 11 rings (SSSR count). The van der Waals surface area contributed by atoms with E-state index in [9.17, 15) is 0 Å². The van der Waals surface area contributed by atoms with Gasteiger partial charge in [-0.05, 0) is 120 Å². The van der Waals surface area contributed by atoms with Crippen molar-refractivity contribution in [1.82, 2.24) is 14.5 Å². The smallest absolute Gasteiger partial charge is 0.466 e. The van der Waals surface area contributed by atoms with Gasteiger partial charge >= 0.3 is 21.1 Å². The first-order chi connectivity index (χ1) is 31.7. The molecule has 0 N–H and O–H groups in total. The minimum atomic E-state index is -0.260. The largest absolute Gasteiger partial charge is 2.00 e. The molecule has 67 heavy (non-hydrogen) atoms. The molecule has 0 saturated heterocycles. The predicted octanol–water partition coefficient (Wildman–Crippen LogP) is 13.1. The number of rotatable bonds is 6. The summed E-state index contributed by atoms with van der Waals surface area (Å²) in [5, 5.41) is 0. The molecule has 8 heteroatoms. The van der Waals surface area contributed by atoms with Crippen LogP contribution in [0, 0.1) is 32.9 Å². The van der Waals surface area contributed by atoms with E-state index in [1.807, 2.05) is 24.3 Å². The third kappa shape index (κ3) is 7.58. The number of ether oxygens (including phenoxy) is 1. The summed E-state index contributed by atoms with van der Waals surface area (Å²) in [4.78, 5) is 14.7. The van der Waals surface area contributed by atoms with Crippen LogP contribution in [0.5, 0.6) is 11.6 Å². The van der Waals surface area contributed by atoms with Crippen LogP contribution in [0.3, 0.4) is 0 Å². The second kappa shape index (κ2) is 16.6. The van der Waals surface area contributed by atoms with Gasteiger partial charge < -0.3 is 19.1 Å². The molecular formula is C59H52BN5OPt. The topological polar surface area (TPSA) is 46.4 Å². The van der Waals surface area contributed by atoms with Gasteiger partial charge in [0.2, 0.25) is 12.6 Å². The van der Waals surface area contributed by atoms with E-state index in [1.165, 1.54) is 33.3 Å². The van der Waals surface area contributed by atoms with Gasteiger partial charge in [-0.1, -0.05) is 113 Å². The number of anilines is 6. The molecule has 0 fully saturated rings. The van der Waals surface area contributed by atoms with Gasteiger partial charge in [-0.3, -0.25) is 4.98 Å². The number of benzene rings is 7. The van der Waals surface area contributed by atoms with E-state index in [2.05, 4.69) is 215 Å². The van der Waals surface area contributed by atoms with E-state index < -0.39 is 0 Å². The summed E-state index contributed by atoms with van der Waals surface area (Å²) in [5.41, 5.74) is 20.0. The molecule has 0 bridgehead atoms. The standard InChI is InChI=1S/C59H52BN5O.Pt/c1-37-33-38(2)56(39(3)34-37)65-51-16-11-10-15-48(51)62-57(65)40-20-30-49-46(35-40)60-47-36-45(66-54-19-12-13-32-61-54)29-31-50(47)64(44-27-23-42(24-28-44)59(7,8)9)53-18-14-17-52(55(53)60)63(49)43-25-21-41(22-26-43)58(4,5)6;/h10-34H,1-9H3;/q-2;+2. The fraction of sp³-hybridized carbons (Fsp3) is 0.186. The van der Waals surface area contributed by atoms with Crippen LogP contribution in [-0.2, 0) is 31.9 Å². The maximum absolute atomic E-state index is 6.49. The SMILES string of the molecule is Cc1cc(C)c(-n2c(-c3[c-]c4c(cc3)N(c3ccc(C(C)(C)C)cc3)c3cccc5c3B4c3[c-]c(Oc4ccccn4)ccc3N5c3ccc(C(C)(C)C)cc3)nc3ccccc32)c(C)c1.[Pt+2]. The van der Waals surface area contributed by atoms with E-state index in [0.717, 1.165) is 73.2 Å². The first kappa shape index (κ1) is 44.2. The molecule has 0 aliphatic carbocycles. The quantitative estimate of drug-likeness (QED) is 0.123. The molecule has 0 radical (unpaired) electrons. The predicted molar refractivity (Wildman–Crippen MR) is 274 cm³/mol. The minimum absolute atomic E-state index is 0. The Balaban J connectivity index is 0.00000525. The molecule has 4 heterocycles. The fourth-order valence-corrected chi connectivity index (χ4v) is 10.2. The third-order valence-electron chi connectivity index (χ3n) is 13.3. The van der Waals surface area contributed by atoms with Crippen LogP contribution in [0.2, 0.25) is 0 Å². The average Bonchev–Trinajstić information content (AvgIpc) is 3.67. The maximum Gasteiger partial charge on any atom is 2.00 e. The molecule has 2 aliphatic heterocycles. The van der Waals surface area contributed by atoms with Gasteiger partial charge in [-0.2, -0.15) is 5.46 Å². The van der Waals surface area contributed by atoms with Crippen molar-refractivity contribution in [1.29, 1.82) is 0 Å². The number of nitrogens with zero attached hydrogens (tertiary/aromatic N) is 5. The molecular weight excluding hydrogens is 1000 g/mol. The molecule has 0 amide bonds. The fourth-order valence-electron chi connectivity index (χ4n) is 10.2. The number of aryl methyl sites for hydroxylation is 3. The third-order valence-corrected chi connectivity index (χ3v) is 13.3. The van der Waals surface area contributed by atoms with Crippen LogP contribution < -0.4 is 30.9 Å². The number of hydrogen-bond acceptors (Lipinski definition) is 5. The van der Waals surface area contributed by atoms with Crippen LogP contribution >= 0.6 is 0 Å². The second-order valence-electron chi connectivity index (χ2n) is 20.0. The van der Waals surface area contributed by atoms with Crippen LogP contribution in [-0.4, -0.2) is 21.2 Å². The van der Waals surface area contributed by atoms with Crippen molar-refractivity contribution < 1.29 is 25.8 Å². The Kier molecular flexibility index (Phi) is 10.9. The Hall–Kier alpha value is -6.69. The summed E-state index contributed by atoms with van der Waals surface area (Å²) in [6, 6.07) is 60.2. The van der Waals surface area contributed by atoms with Gasteiger partial charge in [0.1, 0.15) is 0 Å². The van der Waals surface area contributed by atoms with Crippen molar-refractivity contribution >= 4 is 68.3 Å². The Labute approximate surface area is 409 Å². The number of imidazole rings is 1. The van der Waals surface area contributed by atoms with Crippen molar-refractivity contribution in [3.8, 4) is 28.7 Å². The average molecular weight is 1050 g/mol. The van der Waals surface area contributed by atoms with Gasteiger partial charge in [-0.25, -0.2) is 4.98 Å². The Morgan fingerprint density at radius 2 is 1.13 bits per heavy atom. The summed E-state index contributed by atoms with van der Waals surface area (Å²) in [6.07, 6.45) is 1.75. The Bertz CT molecular complexity index is 3310. The summed E-state index contributed by atoms with van der Waals surface area (Å²) >= 11 is 0. The number of pyridine rings is 1. The Morgan fingerprint density at radius 3 is 1.72 bits per heavy atom. The van der Waals surface area contributed by atoms with E-state index in [-0.39, 0.29) is 38.6 Å². The van der Waals surface area contributed by atoms with Gasteiger partial charge in [0.15, 0.2) is 0 Å². The van der Waals surface area contributed by atoms with Crippen LogP contribution in [0.25, 0.3) is 28.1 Å². The molecule has 0 saturated carbocycles. The van der Waals surface area contributed by atoms with Crippen molar-refractivity contribution in [3.63, 3.8) is 0 Å². The zero-order valence-corrected chi connectivity index (χ0v) is 41.7. The van der Waals surface area contributed by atoms with Crippen LogP contribution in [0.15, 0.2) is 152 Å². The van der Waals surface area contributed by atoms with Crippen molar-refractivity contribution in [3.05, 3.63) is 192 Å². The molecule has 9 aromatic rings. The number of fused-ring (bicyclic) bond motifs is 5. The molecule has 0 spiro atoms. The molecule has 0 atom stereocenters. The van der Waals surface area contributed by atoms with E-state index in [1.54, 1.807) is 6.20 Å². The van der Waals surface area contributed by atoms with Gasteiger partial charge in [0.25, 0.3) is 0 Å². The Morgan fingerprint density at radius 1 is 0.567 bits per heavy atom. The van der Waals surface area contributed by atoms with E-state index in [4.69, 9.17) is 9.72 Å². The van der Waals surface area contributed by atoms with Gasteiger partial charge in [-0.15, -0.1) is 47.4 Å². The summed E-state index contributed by atoms with van der Waals surface area (Å²) in [7, 11) is 0. The van der Waals surface area contributed by atoms with Crippen molar-refractivity contribution in [2.24, 2.45) is 0 Å². The van der Waals surface area contributed by atoms with Crippen LogP contribution in [0.1, 0.15) is 69.4 Å². The molecule has 2 aromatic heterocycles. The first-order valence-electron chi connectivity index (χ1n) is 22.9. The number of hydrogen-bond donors (Lipinski definition) is 0. The molecule has 6 nitrogen and oxygen atoms in total. The van der Waals surface area contributed by atoms with Crippen LogP contribution in [0.4, 0.5) is 34.1 Å². The summed E-state index contributed by atoms with van der Waals surface area (Å²) in [5.74, 6) is 1.96. The summed E-state index contributed by atoms with van der Waals surface area (Å²) in [6.45, 7) is 19.9.